The molecule has 0 unspecified atom stereocenters. The summed E-state index contributed by atoms with van der Waals surface area (Å²) in [5.41, 5.74) is 0.844. The van der Waals surface area contributed by atoms with E-state index < -0.39 is 17.4 Å². The number of amides is 2. The van der Waals surface area contributed by atoms with Gasteiger partial charge in [-0.2, -0.15) is 0 Å². The number of nitrogens with one attached hydrogen (secondary N) is 1. The zero-order valence-corrected chi connectivity index (χ0v) is 16.3. The van der Waals surface area contributed by atoms with Crippen molar-refractivity contribution in [1.82, 2.24) is 10.2 Å². The molecule has 0 saturated heterocycles. The summed E-state index contributed by atoms with van der Waals surface area (Å²) in [7, 11) is 1.30. The number of carbonyl (C=O) groups excluding carboxylic acids is 3. The quantitative estimate of drug-likeness (QED) is 0.806. The summed E-state index contributed by atoms with van der Waals surface area (Å²) in [4.78, 5) is 40.0. The number of nitrogens with zero attached hydrogens (tertiary/aromatic N) is 1. The Bertz CT molecular complexity index is 737. The number of hydrogen-bond acceptors (Lipinski definition) is 4. The van der Waals surface area contributed by atoms with Crippen LogP contribution in [-0.2, 0) is 14.3 Å². The van der Waals surface area contributed by atoms with Crippen molar-refractivity contribution in [1.29, 1.82) is 0 Å². The molecular weight excluding hydrogens is 344 g/mol. The molecule has 1 atom stereocenters. The fraction of sp³-hybridized carbons (Fsp3) is 0.571. The van der Waals surface area contributed by atoms with Crippen LogP contribution in [0.2, 0.25) is 0 Å². The van der Waals surface area contributed by atoms with Gasteiger partial charge in [-0.15, -0.1) is 0 Å². The lowest BCUT2D eigenvalue weighted by Gasteiger charge is -2.50. The first-order valence-corrected chi connectivity index (χ1v) is 9.66. The minimum absolute atomic E-state index is 0.0122. The summed E-state index contributed by atoms with van der Waals surface area (Å²) in [6.07, 6.45) is 3.59. The zero-order valence-electron chi connectivity index (χ0n) is 16.3. The predicted molar refractivity (Wildman–Crippen MR) is 101 cm³/mol. The molecule has 146 valence electrons. The Morgan fingerprint density at radius 3 is 2.56 bits per heavy atom. The minimum Gasteiger partial charge on any atom is -0.468 e. The normalized spacial score (nSPS) is 20.7. The van der Waals surface area contributed by atoms with Gasteiger partial charge in [0.25, 0.3) is 5.91 Å². The van der Waals surface area contributed by atoms with E-state index in [0.29, 0.717) is 18.0 Å². The molecule has 6 heteroatoms. The molecule has 0 bridgehead atoms. The number of benzene rings is 1. The van der Waals surface area contributed by atoms with Gasteiger partial charge < -0.3 is 15.0 Å². The van der Waals surface area contributed by atoms with Gasteiger partial charge in [-0.25, -0.2) is 0 Å². The smallest absolute Gasteiger partial charge is 0.325 e. The summed E-state index contributed by atoms with van der Waals surface area (Å²) in [6, 6.07) is 7.38. The molecule has 3 rings (SSSR count). The third-order valence-electron chi connectivity index (χ3n) is 5.74. The highest BCUT2D eigenvalue weighted by atomic mass is 16.5. The van der Waals surface area contributed by atoms with Gasteiger partial charge in [0.15, 0.2) is 0 Å². The zero-order chi connectivity index (χ0) is 19.6. The third kappa shape index (κ3) is 3.45. The van der Waals surface area contributed by atoms with E-state index in [9.17, 15) is 14.4 Å². The van der Waals surface area contributed by atoms with E-state index in [0.717, 1.165) is 31.2 Å². The van der Waals surface area contributed by atoms with Crippen LogP contribution in [-0.4, -0.2) is 48.4 Å². The van der Waals surface area contributed by atoms with Gasteiger partial charge in [-0.1, -0.05) is 44.9 Å². The molecule has 6 nitrogen and oxygen atoms in total. The molecule has 1 saturated carbocycles. The first-order chi connectivity index (χ1) is 12.9. The van der Waals surface area contributed by atoms with Crippen molar-refractivity contribution in [3.05, 3.63) is 35.4 Å². The van der Waals surface area contributed by atoms with Gasteiger partial charge in [0.05, 0.1) is 18.6 Å². The molecule has 1 N–H and O–H groups in total. The Balaban J connectivity index is 2.06. The number of carbonyl (C=O) groups is 3. The minimum atomic E-state index is -0.518. The molecule has 1 aliphatic heterocycles. The second-order valence-corrected chi connectivity index (χ2v) is 7.93. The highest BCUT2D eigenvalue weighted by Crippen LogP contribution is 2.50. The molecule has 1 heterocycles. The van der Waals surface area contributed by atoms with Crippen molar-refractivity contribution in [2.24, 2.45) is 5.92 Å². The second kappa shape index (κ2) is 7.71. The molecule has 1 aliphatic carbocycles. The summed E-state index contributed by atoms with van der Waals surface area (Å²) >= 11 is 0. The molecular formula is C21H28N2O4. The van der Waals surface area contributed by atoms with E-state index in [1.54, 1.807) is 6.07 Å². The fourth-order valence-corrected chi connectivity index (χ4v) is 4.63. The first-order valence-electron chi connectivity index (χ1n) is 9.66. The molecule has 1 spiro atoms. The lowest BCUT2D eigenvalue weighted by atomic mass is 9.70. The van der Waals surface area contributed by atoms with E-state index in [2.05, 4.69) is 23.9 Å². The summed E-state index contributed by atoms with van der Waals surface area (Å²) in [6.45, 7) is 4.63. The Kier molecular flexibility index (Phi) is 5.53. The van der Waals surface area contributed by atoms with Gasteiger partial charge in [-0.05, 0) is 30.4 Å². The highest BCUT2D eigenvalue weighted by molar-refractivity contribution is 6.02. The Morgan fingerprint density at radius 2 is 1.93 bits per heavy atom. The van der Waals surface area contributed by atoms with E-state index in [1.807, 2.05) is 23.1 Å². The van der Waals surface area contributed by atoms with Crippen molar-refractivity contribution >= 4 is 17.8 Å². The van der Waals surface area contributed by atoms with Gasteiger partial charge >= 0.3 is 5.97 Å². The number of rotatable bonds is 5. The van der Waals surface area contributed by atoms with Gasteiger partial charge in [0.1, 0.15) is 6.54 Å². The molecule has 2 aliphatic rings. The number of hydrogen-bond donors (Lipinski definition) is 1. The maximum atomic E-state index is 13.3. The van der Waals surface area contributed by atoms with Crippen molar-refractivity contribution in [3.8, 4) is 0 Å². The number of methoxy groups -OCH3 is 1. The van der Waals surface area contributed by atoms with Crippen LogP contribution in [0, 0.1) is 5.92 Å². The predicted octanol–water partition coefficient (Wildman–Crippen LogP) is 2.48. The first kappa shape index (κ1) is 19.4. The molecule has 1 fully saturated rings. The maximum Gasteiger partial charge on any atom is 0.325 e. The summed E-state index contributed by atoms with van der Waals surface area (Å²) in [5, 5.41) is 2.73. The van der Waals surface area contributed by atoms with Crippen molar-refractivity contribution in [2.45, 2.75) is 51.0 Å². The standard InChI is InChI=1S/C21H28N2O4/c1-14(2)13-23-20(26)16-9-5-4-8-15(16)18(21(23)10-6-7-11-21)19(25)22-12-17(24)27-3/h4-5,8-9,14,18H,6-7,10-13H2,1-3H3,(H,22,25)/t18-/m1/s1. The fourth-order valence-electron chi connectivity index (χ4n) is 4.63. The Labute approximate surface area is 160 Å². The topological polar surface area (TPSA) is 75.7 Å². The maximum absolute atomic E-state index is 13.3. The van der Waals surface area contributed by atoms with Crippen LogP contribution >= 0.6 is 0 Å². The van der Waals surface area contributed by atoms with Crippen LogP contribution in [0.15, 0.2) is 24.3 Å². The van der Waals surface area contributed by atoms with E-state index >= 15 is 0 Å². The van der Waals surface area contributed by atoms with Crippen LogP contribution in [0.1, 0.15) is 61.4 Å². The van der Waals surface area contributed by atoms with Gasteiger partial charge in [0.2, 0.25) is 5.91 Å². The van der Waals surface area contributed by atoms with Gasteiger partial charge in [-0.3, -0.25) is 14.4 Å². The summed E-state index contributed by atoms with van der Waals surface area (Å²) in [5.74, 6) is -0.856. The third-order valence-corrected chi connectivity index (χ3v) is 5.74. The highest BCUT2D eigenvalue weighted by Gasteiger charge is 2.55. The van der Waals surface area contributed by atoms with E-state index in [4.69, 9.17) is 0 Å². The lowest BCUT2D eigenvalue weighted by Crippen LogP contribution is -2.61. The molecule has 27 heavy (non-hydrogen) atoms. The van der Waals surface area contributed by atoms with Crippen molar-refractivity contribution < 1.29 is 19.1 Å². The Hall–Kier alpha value is -2.37. The number of ether oxygens (including phenoxy) is 1. The average molecular weight is 372 g/mol. The van der Waals surface area contributed by atoms with E-state index in [-0.39, 0.29) is 18.4 Å². The van der Waals surface area contributed by atoms with Crippen LogP contribution < -0.4 is 5.32 Å². The molecule has 2 amide bonds. The molecule has 0 aromatic heterocycles. The molecule has 0 radical (unpaired) electrons. The van der Waals surface area contributed by atoms with Crippen molar-refractivity contribution in [2.75, 3.05) is 20.2 Å². The average Bonchev–Trinajstić information content (AvgIpc) is 3.13. The second-order valence-electron chi connectivity index (χ2n) is 7.93. The molecule has 1 aromatic rings. The van der Waals surface area contributed by atoms with Crippen LogP contribution in [0.4, 0.5) is 0 Å². The SMILES string of the molecule is COC(=O)CNC(=O)[C@H]1c2ccccc2C(=O)N(CC(C)C)C12CCCC2. The lowest BCUT2D eigenvalue weighted by molar-refractivity contribution is -0.141. The molecule has 1 aromatic carbocycles. The monoisotopic (exact) mass is 372 g/mol. The Morgan fingerprint density at radius 1 is 1.26 bits per heavy atom. The summed E-state index contributed by atoms with van der Waals surface area (Å²) < 4.78 is 4.65. The van der Waals surface area contributed by atoms with E-state index in [1.165, 1.54) is 7.11 Å². The number of esters is 1. The van der Waals surface area contributed by atoms with Crippen LogP contribution in [0.5, 0.6) is 0 Å². The van der Waals surface area contributed by atoms with Crippen LogP contribution in [0.25, 0.3) is 0 Å². The van der Waals surface area contributed by atoms with Crippen LogP contribution in [0.3, 0.4) is 0 Å². The largest absolute Gasteiger partial charge is 0.468 e. The number of fused-ring (bicyclic) bond motifs is 1. The van der Waals surface area contributed by atoms with Crippen molar-refractivity contribution in [3.63, 3.8) is 0 Å². The van der Waals surface area contributed by atoms with Gasteiger partial charge in [0, 0.05) is 12.1 Å².